The molecule has 2 aliphatic heterocycles. The normalized spacial score (nSPS) is 18.1. The Morgan fingerprint density at radius 3 is 2.22 bits per heavy atom. The SMILES string of the molecule is COc1ccc(/C=C2\CN(C(C)=O)CC3=C2OC(N)=C(C#N)C3c2ccc(OC)c(OC)c2)cc1OC. The zero-order chi connectivity index (χ0) is 26.7. The Bertz CT molecular complexity index is 1370. The van der Waals surface area contributed by atoms with Gasteiger partial charge in [0.2, 0.25) is 11.8 Å². The summed E-state index contributed by atoms with van der Waals surface area (Å²) in [5.41, 5.74) is 9.64. The van der Waals surface area contributed by atoms with Crippen LogP contribution in [0.3, 0.4) is 0 Å². The van der Waals surface area contributed by atoms with Crippen LogP contribution in [0.15, 0.2) is 64.8 Å². The third-order valence-electron chi connectivity index (χ3n) is 6.48. The van der Waals surface area contributed by atoms with E-state index in [1.807, 2.05) is 36.4 Å². The fraction of sp³-hybridized carbons (Fsp3) is 0.286. The molecule has 2 N–H and O–H groups in total. The number of allylic oxidation sites excluding steroid dienone is 1. The van der Waals surface area contributed by atoms with Crippen LogP contribution < -0.4 is 24.7 Å². The van der Waals surface area contributed by atoms with E-state index in [0.717, 1.165) is 22.3 Å². The number of nitrogens with two attached hydrogens (primary N) is 1. The number of methoxy groups -OCH3 is 4. The Morgan fingerprint density at radius 2 is 1.62 bits per heavy atom. The molecular formula is C28H29N3O6. The van der Waals surface area contributed by atoms with Crippen LogP contribution in [-0.2, 0) is 9.53 Å². The van der Waals surface area contributed by atoms with Crippen molar-refractivity contribution in [1.82, 2.24) is 4.90 Å². The second kappa shape index (κ2) is 10.6. The summed E-state index contributed by atoms with van der Waals surface area (Å²) in [7, 11) is 6.25. The molecule has 4 rings (SSSR count). The van der Waals surface area contributed by atoms with E-state index < -0.39 is 5.92 Å². The van der Waals surface area contributed by atoms with Crippen LogP contribution in [0.1, 0.15) is 24.0 Å². The molecule has 0 spiro atoms. The van der Waals surface area contributed by atoms with Gasteiger partial charge in [-0.2, -0.15) is 5.26 Å². The topological polar surface area (TPSA) is 116 Å². The summed E-state index contributed by atoms with van der Waals surface area (Å²) in [6, 6.07) is 13.2. The predicted octanol–water partition coefficient (Wildman–Crippen LogP) is 3.73. The van der Waals surface area contributed by atoms with Crippen LogP contribution in [0.25, 0.3) is 6.08 Å². The van der Waals surface area contributed by atoms with Crippen LogP contribution >= 0.6 is 0 Å². The molecule has 0 bridgehead atoms. The fourth-order valence-corrected chi connectivity index (χ4v) is 4.65. The summed E-state index contributed by atoms with van der Waals surface area (Å²) in [6.07, 6.45) is 1.92. The summed E-state index contributed by atoms with van der Waals surface area (Å²) in [5, 5.41) is 10.0. The highest BCUT2D eigenvalue weighted by Crippen LogP contribution is 2.45. The van der Waals surface area contributed by atoms with Gasteiger partial charge in [0.05, 0.1) is 34.4 Å². The molecule has 2 aromatic rings. The summed E-state index contributed by atoms with van der Waals surface area (Å²) < 4.78 is 27.7. The second-order valence-electron chi connectivity index (χ2n) is 8.55. The van der Waals surface area contributed by atoms with E-state index in [9.17, 15) is 10.1 Å². The molecule has 1 atom stereocenters. The number of benzene rings is 2. The number of nitriles is 1. The maximum absolute atomic E-state index is 12.6. The number of ether oxygens (including phenoxy) is 5. The number of nitrogens with zero attached hydrogens (tertiary/aromatic N) is 2. The van der Waals surface area contributed by atoms with Gasteiger partial charge >= 0.3 is 0 Å². The van der Waals surface area contributed by atoms with E-state index in [2.05, 4.69) is 6.07 Å². The molecule has 0 radical (unpaired) electrons. The lowest BCUT2D eigenvalue weighted by Gasteiger charge is -2.38. The average Bonchev–Trinajstić information content (AvgIpc) is 2.91. The van der Waals surface area contributed by atoms with Gasteiger partial charge < -0.3 is 34.3 Å². The first-order valence-electron chi connectivity index (χ1n) is 11.6. The highest BCUT2D eigenvalue weighted by molar-refractivity contribution is 5.76. The lowest BCUT2D eigenvalue weighted by Crippen LogP contribution is -2.40. The predicted molar refractivity (Wildman–Crippen MR) is 137 cm³/mol. The van der Waals surface area contributed by atoms with E-state index in [4.69, 9.17) is 29.4 Å². The zero-order valence-electron chi connectivity index (χ0n) is 21.5. The number of rotatable bonds is 6. The Labute approximate surface area is 215 Å². The first-order chi connectivity index (χ1) is 17.8. The van der Waals surface area contributed by atoms with Crippen molar-refractivity contribution >= 4 is 12.0 Å². The molecule has 192 valence electrons. The van der Waals surface area contributed by atoms with Crippen molar-refractivity contribution in [3.05, 3.63) is 75.9 Å². The molecule has 9 nitrogen and oxygen atoms in total. The molecule has 9 heteroatoms. The first kappa shape index (κ1) is 25.5. The fourth-order valence-electron chi connectivity index (χ4n) is 4.65. The molecular weight excluding hydrogens is 474 g/mol. The van der Waals surface area contributed by atoms with Crippen molar-refractivity contribution in [2.24, 2.45) is 5.73 Å². The van der Waals surface area contributed by atoms with Crippen LogP contribution in [0, 0.1) is 11.3 Å². The Balaban J connectivity index is 1.90. The van der Waals surface area contributed by atoms with Crippen LogP contribution in [0.2, 0.25) is 0 Å². The molecule has 2 aromatic carbocycles. The van der Waals surface area contributed by atoms with Crippen LogP contribution in [-0.4, -0.2) is 52.3 Å². The van der Waals surface area contributed by atoms with Crippen molar-refractivity contribution in [1.29, 1.82) is 5.26 Å². The van der Waals surface area contributed by atoms with Gasteiger partial charge in [0.25, 0.3) is 0 Å². The highest BCUT2D eigenvalue weighted by atomic mass is 16.5. The second-order valence-corrected chi connectivity index (χ2v) is 8.55. The number of hydrogen-bond donors (Lipinski definition) is 1. The number of hydrogen-bond acceptors (Lipinski definition) is 8. The van der Waals surface area contributed by atoms with Crippen LogP contribution in [0.4, 0.5) is 0 Å². The van der Waals surface area contributed by atoms with E-state index in [1.165, 1.54) is 6.92 Å². The minimum absolute atomic E-state index is 0.0236. The maximum atomic E-state index is 12.6. The third kappa shape index (κ3) is 4.78. The summed E-state index contributed by atoms with van der Waals surface area (Å²) in [5.74, 6) is 2.19. The van der Waals surface area contributed by atoms with E-state index in [-0.39, 0.29) is 23.9 Å². The first-order valence-corrected chi connectivity index (χ1v) is 11.6. The van der Waals surface area contributed by atoms with Crippen molar-refractivity contribution < 1.29 is 28.5 Å². The van der Waals surface area contributed by atoms with Crippen molar-refractivity contribution in [2.75, 3.05) is 41.5 Å². The Morgan fingerprint density at radius 1 is 1.00 bits per heavy atom. The molecule has 0 saturated heterocycles. The Hall–Kier alpha value is -4.58. The summed E-state index contributed by atoms with van der Waals surface area (Å²) in [6.45, 7) is 2.12. The molecule has 2 heterocycles. The van der Waals surface area contributed by atoms with Gasteiger partial charge in [-0.15, -0.1) is 0 Å². The zero-order valence-corrected chi connectivity index (χ0v) is 21.5. The molecule has 1 unspecified atom stereocenters. The van der Waals surface area contributed by atoms with Gasteiger partial charge in [-0.1, -0.05) is 12.1 Å². The molecule has 2 aliphatic rings. The largest absolute Gasteiger partial charge is 0.493 e. The Kier molecular flexibility index (Phi) is 7.30. The monoisotopic (exact) mass is 503 g/mol. The minimum atomic E-state index is -0.537. The number of amides is 1. The van der Waals surface area contributed by atoms with Gasteiger partial charge in [0.15, 0.2) is 23.0 Å². The van der Waals surface area contributed by atoms with Gasteiger partial charge in [-0.05, 0) is 41.5 Å². The van der Waals surface area contributed by atoms with Crippen molar-refractivity contribution in [3.63, 3.8) is 0 Å². The van der Waals surface area contributed by atoms with E-state index in [1.54, 1.807) is 39.4 Å². The molecule has 0 fully saturated rings. The van der Waals surface area contributed by atoms with Gasteiger partial charge in [-0.3, -0.25) is 4.79 Å². The smallest absolute Gasteiger partial charge is 0.220 e. The summed E-state index contributed by atoms with van der Waals surface area (Å²) in [4.78, 5) is 14.3. The highest BCUT2D eigenvalue weighted by Gasteiger charge is 2.38. The maximum Gasteiger partial charge on any atom is 0.220 e. The molecule has 1 amide bonds. The number of carbonyl (C=O) groups excluding carboxylic acids is 1. The average molecular weight is 504 g/mol. The number of carbonyl (C=O) groups is 1. The molecule has 37 heavy (non-hydrogen) atoms. The van der Waals surface area contributed by atoms with E-state index in [0.29, 0.717) is 35.3 Å². The van der Waals surface area contributed by atoms with Gasteiger partial charge in [0, 0.05) is 31.2 Å². The third-order valence-corrected chi connectivity index (χ3v) is 6.48. The van der Waals surface area contributed by atoms with Crippen molar-refractivity contribution in [3.8, 4) is 29.1 Å². The quantitative estimate of drug-likeness (QED) is 0.634. The van der Waals surface area contributed by atoms with Gasteiger partial charge in [-0.25, -0.2) is 0 Å². The van der Waals surface area contributed by atoms with E-state index >= 15 is 0 Å². The lowest BCUT2D eigenvalue weighted by atomic mass is 9.80. The lowest BCUT2D eigenvalue weighted by molar-refractivity contribution is -0.128. The van der Waals surface area contributed by atoms with Crippen molar-refractivity contribution in [2.45, 2.75) is 12.8 Å². The summed E-state index contributed by atoms with van der Waals surface area (Å²) >= 11 is 0. The van der Waals surface area contributed by atoms with Gasteiger partial charge in [0.1, 0.15) is 17.4 Å². The molecule has 0 aromatic heterocycles. The molecule has 0 aliphatic carbocycles. The minimum Gasteiger partial charge on any atom is -0.493 e. The molecule has 0 saturated carbocycles. The standard InChI is InChI=1S/C28H29N3O6/c1-16(32)31-14-19(10-17-6-8-22(33-2)24(11-17)35-4)27-21(15-31)26(20(13-29)28(30)37-27)18-7-9-23(34-3)25(12-18)36-5/h6-12,26H,14-15,30H2,1-5H3/b19-10+. The van der Waals surface area contributed by atoms with Crippen LogP contribution in [0.5, 0.6) is 23.0 Å².